The highest BCUT2D eigenvalue weighted by Gasteiger charge is 2.26. The van der Waals surface area contributed by atoms with Crippen LogP contribution in [0.3, 0.4) is 0 Å². The molecule has 3 aromatic rings. The summed E-state index contributed by atoms with van der Waals surface area (Å²) in [7, 11) is -0.339. The maximum Gasteiger partial charge on any atom is 0.264 e. The van der Waals surface area contributed by atoms with Crippen LogP contribution in [0.4, 0.5) is 0 Å². The van der Waals surface area contributed by atoms with E-state index in [4.69, 9.17) is 4.98 Å². The van der Waals surface area contributed by atoms with E-state index in [-0.39, 0.29) is 10.5 Å². The topological polar surface area (TPSA) is 101 Å². The van der Waals surface area contributed by atoms with E-state index in [0.717, 1.165) is 30.4 Å². The Hall–Kier alpha value is -2.56. The lowest BCUT2D eigenvalue weighted by Crippen LogP contribution is -2.38. The number of rotatable bonds is 6. The van der Waals surface area contributed by atoms with Crippen molar-refractivity contribution in [1.29, 1.82) is 0 Å². The van der Waals surface area contributed by atoms with Gasteiger partial charge in [0, 0.05) is 4.88 Å². The van der Waals surface area contributed by atoms with Gasteiger partial charge in [-0.05, 0) is 63.9 Å². The predicted octanol–water partition coefficient (Wildman–Crippen LogP) is 2.46. The van der Waals surface area contributed by atoms with E-state index in [1.807, 2.05) is 25.9 Å². The molecule has 176 valence electrons. The summed E-state index contributed by atoms with van der Waals surface area (Å²) in [5, 5.41) is 0.568. The van der Waals surface area contributed by atoms with Crippen molar-refractivity contribution in [3.63, 3.8) is 0 Å². The van der Waals surface area contributed by atoms with E-state index >= 15 is 0 Å². The Labute approximate surface area is 197 Å². The van der Waals surface area contributed by atoms with Gasteiger partial charge >= 0.3 is 0 Å². The van der Waals surface area contributed by atoms with E-state index < -0.39 is 22.5 Å². The van der Waals surface area contributed by atoms with Crippen molar-refractivity contribution in [1.82, 2.24) is 19.2 Å². The van der Waals surface area contributed by atoms with Gasteiger partial charge in [-0.1, -0.05) is 24.6 Å². The smallest absolute Gasteiger partial charge is 0.264 e. The zero-order valence-corrected chi connectivity index (χ0v) is 20.8. The monoisotopic (exact) mass is 488 g/mol. The molecule has 0 fully saturated rings. The third kappa shape index (κ3) is 4.87. The van der Waals surface area contributed by atoms with Crippen LogP contribution in [0.1, 0.15) is 35.2 Å². The van der Waals surface area contributed by atoms with Crippen molar-refractivity contribution in [2.45, 2.75) is 51.1 Å². The highest BCUT2D eigenvalue weighted by atomic mass is 32.2. The standard InChI is InChI=1S/C23H28N4O4S2/c1-14-5-8-16(9-6-14)33(30,31)25-20(28)13-27-19(12-26(3)4)24-22-21(23(27)29)17-10-7-15(2)11-18(17)32-22/h5-6,8-9,15H,7,10-13H2,1-4H3,(H,25,28). The van der Waals surface area contributed by atoms with Crippen LogP contribution < -0.4 is 10.3 Å². The second-order valence-corrected chi connectivity index (χ2v) is 11.8. The van der Waals surface area contributed by atoms with Gasteiger partial charge in [-0.2, -0.15) is 0 Å². The molecule has 0 saturated heterocycles. The maximum atomic E-state index is 13.5. The summed E-state index contributed by atoms with van der Waals surface area (Å²) >= 11 is 1.56. The van der Waals surface area contributed by atoms with Gasteiger partial charge < -0.3 is 4.90 Å². The first-order valence-electron chi connectivity index (χ1n) is 10.9. The van der Waals surface area contributed by atoms with Crippen LogP contribution in [0, 0.1) is 12.8 Å². The van der Waals surface area contributed by atoms with E-state index in [1.165, 1.54) is 21.6 Å². The van der Waals surface area contributed by atoms with E-state index in [1.54, 1.807) is 23.5 Å². The number of aryl methyl sites for hydroxylation is 2. The molecule has 1 N–H and O–H groups in total. The number of hydrogen-bond donors (Lipinski definition) is 1. The zero-order valence-electron chi connectivity index (χ0n) is 19.2. The predicted molar refractivity (Wildman–Crippen MR) is 129 cm³/mol. The molecule has 0 spiro atoms. The summed E-state index contributed by atoms with van der Waals surface area (Å²) in [4.78, 5) is 34.8. The molecule has 33 heavy (non-hydrogen) atoms. The lowest BCUT2D eigenvalue weighted by atomic mass is 9.89. The molecule has 1 aromatic carbocycles. The van der Waals surface area contributed by atoms with Gasteiger partial charge in [-0.3, -0.25) is 14.2 Å². The molecular weight excluding hydrogens is 460 g/mol. The van der Waals surface area contributed by atoms with Crippen LogP contribution in [0.5, 0.6) is 0 Å². The molecule has 1 atom stereocenters. The molecule has 10 heteroatoms. The van der Waals surface area contributed by atoms with Crippen LogP contribution in [-0.2, 0) is 40.7 Å². The Balaban J connectivity index is 1.71. The highest BCUT2D eigenvalue weighted by molar-refractivity contribution is 7.90. The average Bonchev–Trinajstić information content (AvgIpc) is 3.07. The third-order valence-corrected chi connectivity index (χ3v) is 8.37. The average molecular weight is 489 g/mol. The Morgan fingerprint density at radius 1 is 1.27 bits per heavy atom. The van der Waals surface area contributed by atoms with Crippen LogP contribution >= 0.6 is 11.3 Å². The van der Waals surface area contributed by atoms with Crippen LogP contribution in [0.2, 0.25) is 0 Å². The number of sulfonamides is 1. The molecule has 2 heterocycles. The normalized spacial score (nSPS) is 16.2. The van der Waals surface area contributed by atoms with Crippen molar-refractivity contribution in [3.05, 3.63) is 56.4 Å². The van der Waals surface area contributed by atoms with E-state index in [0.29, 0.717) is 28.5 Å². The number of nitrogens with one attached hydrogen (secondary N) is 1. The molecule has 2 aromatic heterocycles. The number of fused-ring (bicyclic) bond motifs is 3. The molecular formula is C23H28N4O4S2. The van der Waals surface area contributed by atoms with Gasteiger partial charge in [0.2, 0.25) is 0 Å². The minimum Gasteiger partial charge on any atom is -0.302 e. The Kier molecular flexibility index (Phi) is 6.43. The summed E-state index contributed by atoms with van der Waals surface area (Å²) in [6, 6.07) is 6.22. The largest absolute Gasteiger partial charge is 0.302 e. The number of hydrogen-bond acceptors (Lipinski definition) is 7. The second-order valence-electron chi connectivity index (χ2n) is 9.03. The van der Waals surface area contributed by atoms with Crippen LogP contribution in [0.25, 0.3) is 10.2 Å². The number of nitrogens with zero attached hydrogens (tertiary/aromatic N) is 3. The van der Waals surface area contributed by atoms with Crippen molar-refractivity contribution < 1.29 is 13.2 Å². The molecule has 0 saturated carbocycles. The van der Waals surface area contributed by atoms with Crippen molar-refractivity contribution >= 4 is 37.5 Å². The zero-order chi connectivity index (χ0) is 23.9. The maximum absolute atomic E-state index is 13.5. The fourth-order valence-electron chi connectivity index (χ4n) is 4.13. The molecule has 1 aliphatic rings. The summed E-state index contributed by atoms with van der Waals surface area (Å²) < 4.78 is 28.7. The van der Waals surface area contributed by atoms with Gasteiger partial charge in [-0.15, -0.1) is 11.3 Å². The van der Waals surface area contributed by atoms with Gasteiger partial charge in [0.25, 0.3) is 21.5 Å². The summed E-state index contributed by atoms with van der Waals surface area (Å²) in [6.07, 6.45) is 2.75. The molecule has 1 amide bonds. The molecule has 1 unspecified atom stereocenters. The first-order valence-corrected chi connectivity index (χ1v) is 13.2. The SMILES string of the molecule is Cc1ccc(S(=O)(=O)NC(=O)Cn2c(CN(C)C)nc3sc4c(c3c2=O)CCC(C)C4)cc1. The molecule has 8 nitrogen and oxygen atoms in total. The number of aromatic nitrogens is 2. The molecule has 1 aliphatic carbocycles. The Morgan fingerprint density at radius 3 is 2.64 bits per heavy atom. The van der Waals surface area contributed by atoms with Crippen LogP contribution in [-0.4, -0.2) is 42.9 Å². The fraction of sp³-hybridized carbons (Fsp3) is 0.435. The van der Waals surface area contributed by atoms with Gasteiger partial charge in [-0.25, -0.2) is 18.1 Å². The van der Waals surface area contributed by atoms with Crippen LogP contribution in [0.15, 0.2) is 34.0 Å². The number of carbonyl (C=O) groups is 1. The minimum atomic E-state index is -4.04. The fourth-order valence-corrected chi connectivity index (χ4v) is 6.50. The van der Waals surface area contributed by atoms with Gasteiger partial charge in [0.05, 0.1) is 16.8 Å². The third-order valence-electron chi connectivity index (χ3n) is 5.83. The second kappa shape index (κ2) is 9.00. The lowest BCUT2D eigenvalue weighted by Gasteiger charge is -2.18. The Morgan fingerprint density at radius 2 is 1.97 bits per heavy atom. The molecule has 0 radical (unpaired) electrons. The van der Waals surface area contributed by atoms with E-state index in [2.05, 4.69) is 11.6 Å². The lowest BCUT2D eigenvalue weighted by molar-refractivity contribution is -0.120. The minimum absolute atomic E-state index is 0.00286. The first kappa shape index (κ1) is 23.6. The molecule has 4 rings (SSSR count). The van der Waals surface area contributed by atoms with Gasteiger partial charge in [0.15, 0.2) is 0 Å². The molecule has 0 aliphatic heterocycles. The highest BCUT2D eigenvalue weighted by Crippen LogP contribution is 2.35. The summed E-state index contributed by atoms with van der Waals surface area (Å²) in [5.41, 5.74) is 1.66. The van der Waals surface area contributed by atoms with E-state index in [9.17, 15) is 18.0 Å². The van der Waals surface area contributed by atoms with Crippen molar-refractivity contribution in [2.24, 2.45) is 5.92 Å². The van der Waals surface area contributed by atoms with Crippen molar-refractivity contribution in [3.8, 4) is 0 Å². The number of benzene rings is 1. The number of amides is 1. The quantitative estimate of drug-likeness (QED) is 0.572. The molecule has 0 bridgehead atoms. The number of thiophene rings is 1. The first-order chi connectivity index (χ1) is 15.5. The van der Waals surface area contributed by atoms with Crippen molar-refractivity contribution in [2.75, 3.05) is 14.1 Å². The summed E-state index contributed by atoms with van der Waals surface area (Å²) in [5.74, 6) is 0.218. The summed E-state index contributed by atoms with van der Waals surface area (Å²) in [6.45, 7) is 3.98. The Bertz CT molecular complexity index is 1370. The number of carbonyl (C=O) groups excluding carboxylic acids is 1. The van der Waals surface area contributed by atoms with Gasteiger partial charge in [0.1, 0.15) is 17.2 Å².